The molecule has 2 aromatic carbocycles. The monoisotopic (exact) mass is 445 g/mol. The molecule has 0 aliphatic carbocycles. The van der Waals surface area contributed by atoms with Crippen molar-refractivity contribution in [3.63, 3.8) is 0 Å². The Kier molecular flexibility index (Phi) is 7.14. The van der Waals surface area contributed by atoms with Gasteiger partial charge in [-0.2, -0.15) is 0 Å². The Labute approximate surface area is 190 Å². The third-order valence-corrected chi connectivity index (χ3v) is 5.72. The molecule has 0 radical (unpaired) electrons. The highest BCUT2D eigenvalue weighted by atomic mass is 32.2. The smallest absolute Gasteiger partial charge is 0.230 e. The van der Waals surface area contributed by atoms with Crippen molar-refractivity contribution in [2.45, 2.75) is 11.6 Å². The number of methoxy groups -OCH3 is 1. The van der Waals surface area contributed by atoms with E-state index in [0.717, 1.165) is 23.4 Å². The second-order valence-corrected chi connectivity index (χ2v) is 7.90. The van der Waals surface area contributed by atoms with E-state index in [4.69, 9.17) is 4.74 Å². The standard InChI is InChI=1S/C24H23N5O2S/c1-31-21-9-5-8-20(16-21)29-23(19-11-13-25-14-12-19)27-28-24(29)32-17-22(30)26-15-10-18-6-3-2-4-7-18/h2-9,11-14,16H,10,15,17H2,1H3,(H,26,30). The van der Waals surface area contributed by atoms with Gasteiger partial charge in [0.05, 0.1) is 18.6 Å². The summed E-state index contributed by atoms with van der Waals surface area (Å²) in [4.78, 5) is 16.5. The van der Waals surface area contributed by atoms with Crippen LogP contribution in [0.2, 0.25) is 0 Å². The minimum absolute atomic E-state index is 0.0448. The first-order valence-corrected chi connectivity index (χ1v) is 11.2. The summed E-state index contributed by atoms with van der Waals surface area (Å²) in [5.74, 6) is 1.60. The summed E-state index contributed by atoms with van der Waals surface area (Å²) in [6, 6.07) is 21.5. The van der Waals surface area contributed by atoms with Gasteiger partial charge in [-0.25, -0.2) is 0 Å². The molecule has 162 valence electrons. The SMILES string of the molecule is COc1cccc(-n2c(SCC(=O)NCCc3ccccc3)nnc2-c2ccncc2)c1. The fourth-order valence-electron chi connectivity index (χ4n) is 3.21. The molecular formula is C24H23N5O2S. The van der Waals surface area contributed by atoms with Crippen molar-refractivity contribution in [3.8, 4) is 22.8 Å². The van der Waals surface area contributed by atoms with Gasteiger partial charge in [-0.15, -0.1) is 10.2 Å². The number of amides is 1. The molecule has 0 bridgehead atoms. The molecule has 0 atom stereocenters. The topological polar surface area (TPSA) is 81.9 Å². The van der Waals surface area contributed by atoms with Crippen molar-refractivity contribution in [3.05, 3.63) is 84.7 Å². The molecule has 0 aliphatic heterocycles. The number of rotatable bonds is 9. The highest BCUT2D eigenvalue weighted by Crippen LogP contribution is 2.29. The number of hydrogen-bond acceptors (Lipinski definition) is 6. The summed E-state index contributed by atoms with van der Waals surface area (Å²) in [6.07, 6.45) is 4.23. The Balaban J connectivity index is 1.49. The van der Waals surface area contributed by atoms with E-state index in [2.05, 4.69) is 32.6 Å². The molecule has 8 heteroatoms. The number of ether oxygens (including phenoxy) is 1. The van der Waals surface area contributed by atoms with Crippen LogP contribution in [-0.4, -0.2) is 45.1 Å². The molecule has 4 rings (SSSR count). The van der Waals surface area contributed by atoms with Crippen molar-refractivity contribution < 1.29 is 9.53 Å². The first-order valence-electron chi connectivity index (χ1n) is 10.2. The van der Waals surface area contributed by atoms with E-state index < -0.39 is 0 Å². The van der Waals surface area contributed by atoms with Gasteiger partial charge in [0.15, 0.2) is 11.0 Å². The number of aromatic nitrogens is 4. The minimum atomic E-state index is -0.0448. The van der Waals surface area contributed by atoms with Crippen LogP contribution < -0.4 is 10.1 Å². The number of carbonyl (C=O) groups is 1. The Morgan fingerprint density at radius 1 is 1.03 bits per heavy atom. The molecule has 0 fully saturated rings. The molecule has 7 nitrogen and oxygen atoms in total. The predicted molar refractivity (Wildman–Crippen MR) is 125 cm³/mol. The largest absolute Gasteiger partial charge is 0.497 e. The van der Waals surface area contributed by atoms with Gasteiger partial charge in [0.2, 0.25) is 5.91 Å². The van der Waals surface area contributed by atoms with E-state index >= 15 is 0 Å². The van der Waals surface area contributed by atoms with Crippen LogP contribution in [-0.2, 0) is 11.2 Å². The Morgan fingerprint density at radius 2 is 1.84 bits per heavy atom. The molecule has 0 unspecified atom stereocenters. The van der Waals surface area contributed by atoms with E-state index in [1.165, 1.54) is 17.3 Å². The first kappa shape index (κ1) is 21.6. The Morgan fingerprint density at radius 3 is 2.62 bits per heavy atom. The van der Waals surface area contributed by atoms with Crippen molar-refractivity contribution in [1.82, 2.24) is 25.1 Å². The van der Waals surface area contributed by atoms with E-state index in [1.54, 1.807) is 19.5 Å². The zero-order chi connectivity index (χ0) is 22.2. The molecule has 0 saturated heterocycles. The number of hydrogen-bond donors (Lipinski definition) is 1. The van der Waals surface area contributed by atoms with Gasteiger partial charge in [0.25, 0.3) is 0 Å². The van der Waals surface area contributed by atoms with E-state index in [1.807, 2.05) is 59.2 Å². The van der Waals surface area contributed by atoms with Crippen LogP contribution >= 0.6 is 11.8 Å². The highest BCUT2D eigenvalue weighted by Gasteiger charge is 2.17. The summed E-state index contributed by atoms with van der Waals surface area (Å²) in [5.41, 5.74) is 2.93. The van der Waals surface area contributed by atoms with Crippen molar-refractivity contribution in [2.75, 3.05) is 19.4 Å². The van der Waals surface area contributed by atoms with Gasteiger partial charge >= 0.3 is 0 Å². The maximum absolute atomic E-state index is 12.4. The maximum atomic E-state index is 12.4. The Hall–Kier alpha value is -3.65. The van der Waals surface area contributed by atoms with Gasteiger partial charge in [0, 0.05) is 30.6 Å². The van der Waals surface area contributed by atoms with Crippen LogP contribution in [0.15, 0.2) is 84.3 Å². The summed E-state index contributed by atoms with van der Waals surface area (Å²) < 4.78 is 7.31. The molecule has 2 aromatic heterocycles. The van der Waals surface area contributed by atoms with Crippen LogP contribution in [0.1, 0.15) is 5.56 Å². The summed E-state index contributed by atoms with van der Waals surface area (Å²) in [5, 5.41) is 12.3. The lowest BCUT2D eigenvalue weighted by Crippen LogP contribution is -2.27. The second kappa shape index (κ2) is 10.6. The molecule has 0 aliphatic rings. The predicted octanol–water partition coefficient (Wildman–Crippen LogP) is 3.79. The van der Waals surface area contributed by atoms with Crippen LogP contribution in [0.3, 0.4) is 0 Å². The number of pyridine rings is 1. The zero-order valence-corrected chi connectivity index (χ0v) is 18.5. The van der Waals surface area contributed by atoms with Crippen molar-refractivity contribution >= 4 is 17.7 Å². The quantitative estimate of drug-likeness (QED) is 0.395. The van der Waals surface area contributed by atoms with E-state index in [-0.39, 0.29) is 11.7 Å². The third-order valence-electron chi connectivity index (χ3n) is 4.79. The average molecular weight is 446 g/mol. The van der Waals surface area contributed by atoms with Gasteiger partial charge in [-0.05, 0) is 36.2 Å². The molecule has 1 amide bonds. The number of benzene rings is 2. The lowest BCUT2D eigenvalue weighted by Gasteiger charge is -2.11. The number of carbonyl (C=O) groups excluding carboxylic acids is 1. The maximum Gasteiger partial charge on any atom is 0.230 e. The molecular weight excluding hydrogens is 422 g/mol. The molecule has 2 heterocycles. The Bertz CT molecular complexity index is 1170. The van der Waals surface area contributed by atoms with Crippen LogP contribution in [0, 0.1) is 0 Å². The lowest BCUT2D eigenvalue weighted by molar-refractivity contribution is -0.118. The summed E-state index contributed by atoms with van der Waals surface area (Å²) in [6.45, 7) is 0.592. The molecule has 0 saturated carbocycles. The van der Waals surface area contributed by atoms with Crippen molar-refractivity contribution in [1.29, 1.82) is 0 Å². The number of thioether (sulfide) groups is 1. The van der Waals surface area contributed by atoms with Gasteiger partial charge in [-0.3, -0.25) is 14.3 Å². The summed E-state index contributed by atoms with van der Waals surface area (Å²) >= 11 is 1.35. The molecule has 32 heavy (non-hydrogen) atoms. The average Bonchev–Trinajstić information content (AvgIpc) is 3.28. The van der Waals surface area contributed by atoms with Gasteiger partial charge in [0.1, 0.15) is 5.75 Å². The summed E-state index contributed by atoms with van der Waals surface area (Å²) in [7, 11) is 1.63. The van der Waals surface area contributed by atoms with Gasteiger partial charge in [-0.1, -0.05) is 48.2 Å². The highest BCUT2D eigenvalue weighted by molar-refractivity contribution is 7.99. The normalized spacial score (nSPS) is 10.7. The molecule has 1 N–H and O–H groups in total. The number of nitrogens with zero attached hydrogens (tertiary/aromatic N) is 4. The zero-order valence-electron chi connectivity index (χ0n) is 17.6. The number of nitrogens with one attached hydrogen (secondary N) is 1. The lowest BCUT2D eigenvalue weighted by atomic mass is 10.1. The van der Waals surface area contributed by atoms with E-state index in [9.17, 15) is 4.79 Å². The van der Waals surface area contributed by atoms with Crippen LogP contribution in [0.5, 0.6) is 5.75 Å². The van der Waals surface area contributed by atoms with Crippen LogP contribution in [0.25, 0.3) is 17.1 Å². The van der Waals surface area contributed by atoms with Crippen LogP contribution in [0.4, 0.5) is 0 Å². The molecule has 0 spiro atoms. The van der Waals surface area contributed by atoms with Crippen molar-refractivity contribution in [2.24, 2.45) is 0 Å². The molecule has 4 aromatic rings. The first-order chi connectivity index (χ1) is 15.7. The van der Waals surface area contributed by atoms with E-state index in [0.29, 0.717) is 17.5 Å². The third kappa shape index (κ3) is 5.33. The fraction of sp³-hybridized carbons (Fsp3) is 0.167. The second-order valence-electron chi connectivity index (χ2n) is 6.95. The van der Waals surface area contributed by atoms with Gasteiger partial charge < -0.3 is 10.1 Å². The fourth-order valence-corrected chi connectivity index (χ4v) is 3.99. The minimum Gasteiger partial charge on any atom is -0.497 e.